The van der Waals surface area contributed by atoms with Crippen LogP contribution in [0.3, 0.4) is 0 Å². The Morgan fingerprint density at radius 2 is 2.15 bits per heavy atom. The molecule has 0 aliphatic carbocycles. The Labute approximate surface area is 116 Å². The van der Waals surface area contributed by atoms with Crippen molar-refractivity contribution in [2.75, 3.05) is 0 Å². The second-order valence-corrected chi connectivity index (χ2v) is 4.90. The molecule has 3 N–H and O–H groups in total. The molecule has 0 aliphatic rings. The van der Waals surface area contributed by atoms with Crippen molar-refractivity contribution in [3.05, 3.63) is 41.2 Å². The zero-order valence-electron chi connectivity index (χ0n) is 9.99. The largest absolute Gasteiger partial charge is 0.422 e. The molecule has 2 heterocycles. The summed E-state index contributed by atoms with van der Waals surface area (Å²) >= 11 is 1.15. The van der Waals surface area contributed by atoms with Gasteiger partial charge in [0.1, 0.15) is 11.4 Å². The Morgan fingerprint density at radius 3 is 2.85 bits per heavy atom. The molecule has 0 radical (unpaired) electrons. The lowest BCUT2D eigenvalue weighted by atomic mass is 10.3. The van der Waals surface area contributed by atoms with Crippen molar-refractivity contribution in [3.8, 4) is 5.75 Å². The highest BCUT2D eigenvalue weighted by Crippen LogP contribution is 2.26. The van der Waals surface area contributed by atoms with Gasteiger partial charge in [-0.15, -0.1) is 11.3 Å². The molecule has 0 fully saturated rings. The standard InChI is InChI=1S/C12H8N4O3S/c13-10(17)11-15-7-2-1-6(5-9(7)20-11)19-12(18)8-3-4-14-16-8/h1-5H,(H2,13,17)(H,14,16). The van der Waals surface area contributed by atoms with E-state index in [0.29, 0.717) is 16.0 Å². The summed E-state index contributed by atoms with van der Waals surface area (Å²) in [6, 6.07) is 6.40. The highest BCUT2D eigenvalue weighted by atomic mass is 32.1. The minimum absolute atomic E-state index is 0.219. The van der Waals surface area contributed by atoms with Crippen molar-refractivity contribution in [2.45, 2.75) is 0 Å². The summed E-state index contributed by atoms with van der Waals surface area (Å²) < 4.78 is 5.91. The molecule has 0 atom stereocenters. The number of fused-ring (bicyclic) bond motifs is 1. The van der Waals surface area contributed by atoms with E-state index in [9.17, 15) is 9.59 Å². The van der Waals surface area contributed by atoms with E-state index >= 15 is 0 Å². The third-order valence-corrected chi connectivity index (χ3v) is 3.53. The van der Waals surface area contributed by atoms with Crippen molar-refractivity contribution in [1.82, 2.24) is 15.2 Å². The van der Waals surface area contributed by atoms with Crippen LogP contribution in [0.2, 0.25) is 0 Å². The van der Waals surface area contributed by atoms with Crippen LogP contribution in [0.15, 0.2) is 30.5 Å². The molecule has 20 heavy (non-hydrogen) atoms. The molecule has 0 aliphatic heterocycles. The van der Waals surface area contributed by atoms with Gasteiger partial charge in [-0.1, -0.05) is 0 Å². The lowest BCUT2D eigenvalue weighted by molar-refractivity contribution is 0.0728. The third-order valence-electron chi connectivity index (χ3n) is 2.50. The van der Waals surface area contributed by atoms with E-state index in [-0.39, 0.29) is 10.7 Å². The van der Waals surface area contributed by atoms with E-state index in [1.165, 1.54) is 12.3 Å². The molecular weight excluding hydrogens is 280 g/mol. The number of rotatable bonds is 3. The van der Waals surface area contributed by atoms with Crippen LogP contribution >= 0.6 is 11.3 Å². The van der Waals surface area contributed by atoms with Crippen LogP contribution in [0.4, 0.5) is 0 Å². The van der Waals surface area contributed by atoms with Gasteiger partial charge in [0, 0.05) is 12.3 Å². The molecule has 0 saturated heterocycles. The maximum Gasteiger partial charge on any atom is 0.361 e. The lowest BCUT2D eigenvalue weighted by Gasteiger charge is -2.01. The molecule has 100 valence electrons. The SMILES string of the molecule is NC(=O)c1nc2ccc(OC(=O)c3ccn[nH]3)cc2s1. The number of benzene rings is 1. The minimum Gasteiger partial charge on any atom is -0.422 e. The summed E-state index contributed by atoms with van der Waals surface area (Å²) in [6.45, 7) is 0. The van der Waals surface area contributed by atoms with Gasteiger partial charge in [0.25, 0.3) is 5.91 Å². The van der Waals surface area contributed by atoms with Crippen LogP contribution in [-0.4, -0.2) is 27.1 Å². The number of carbonyl (C=O) groups is 2. The molecule has 1 aromatic carbocycles. The maximum absolute atomic E-state index is 11.7. The summed E-state index contributed by atoms with van der Waals surface area (Å²) in [4.78, 5) is 26.9. The predicted molar refractivity (Wildman–Crippen MR) is 71.7 cm³/mol. The molecule has 3 aromatic rings. The Morgan fingerprint density at radius 1 is 1.30 bits per heavy atom. The summed E-state index contributed by atoms with van der Waals surface area (Å²) in [7, 11) is 0. The summed E-state index contributed by atoms with van der Waals surface area (Å²) in [5.41, 5.74) is 6.06. The second-order valence-electron chi connectivity index (χ2n) is 3.87. The number of hydrogen-bond acceptors (Lipinski definition) is 6. The number of thiazole rings is 1. The number of carbonyl (C=O) groups excluding carboxylic acids is 2. The first-order valence-electron chi connectivity index (χ1n) is 5.55. The van der Waals surface area contributed by atoms with E-state index < -0.39 is 11.9 Å². The Kier molecular flexibility index (Phi) is 2.92. The third kappa shape index (κ3) is 2.24. The zero-order chi connectivity index (χ0) is 14.1. The number of aromatic amines is 1. The summed E-state index contributed by atoms with van der Waals surface area (Å²) in [5, 5.41) is 6.41. The van der Waals surface area contributed by atoms with Gasteiger partial charge in [-0.2, -0.15) is 5.10 Å². The second kappa shape index (κ2) is 4.74. The molecule has 2 aromatic heterocycles. The normalized spacial score (nSPS) is 10.6. The molecule has 3 rings (SSSR count). The van der Waals surface area contributed by atoms with Crippen LogP contribution in [0.5, 0.6) is 5.75 Å². The molecule has 0 saturated carbocycles. The van der Waals surface area contributed by atoms with Crippen molar-refractivity contribution in [1.29, 1.82) is 0 Å². The number of nitrogens with zero attached hydrogens (tertiary/aromatic N) is 2. The molecule has 0 bridgehead atoms. The van der Waals surface area contributed by atoms with Crippen LogP contribution in [0.1, 0.15) is 20.3 Å². The minimum atomic E-state index is -0.581. The highest BCUT2D eigenvalue weighted by molar-refractivity contribution is 7.20. The summed E-state index contributed by atoms with van der Waals surface area (Å²) in [6.07, 6.45) is 1.46. The van der Waals surface area contributed by atoms with Crippen LogP contribution in [0, 0.1) is 0 Å². The summed E-state index contributed by atoms with van der Waals surface area (Å²) in [5.74, 6) is -0.763. The van der Waals surface area contributed by atoms with Crippen LogP contribution in [-0.2, 0) is 0 Å². The smallest absolute Gasteiger partial charge is 0.361 e. The number of nitrogens with one attached hydrogen (secondary N) is 1. The van der Waals surface area contributed by atoms with Crippen molar-refractivity contribution in [3.63, 3.8) is 0 Å². The van der Waals surface area contributed by atoms with Gasteiger partial charge in [-0.3, -0.25) is 9.89 Å². The number of H-pyrrole nitrogens is 1. The molecule has 0 unspecified atom stereocenters. The Hall–Kier alpha value is -2.74. The molecule has 8 heteroatoms. The van der Waals surface area contributed by atoms with E-state index in [4.69, 9.17) is 10.5 Å². The van der Waals surface area contributed by atoms with E-state index in [0.717, 1.165) is 11.3 Å². The quantitative estimate of drug-likeness (QED) is 0.558. The first-order chi connectivity index (χ1) is 9.63. The fourth-order valence-electron chi connectivity index (χ4n) is 1.61. The number of primary amides is 1. The predicted octanol–water partition coefficient (Wildman–Crippen LogP) is 1.34. The van der Waals surface area contributed by atoms with E-state index in [1.54, 1.807) is 18.2 Å². The van der Waals surface area contributed by atoms with Gasteiger partial charge in [-0.05, 0) is 18.2 Å². The number of ether oxygens (including phenoxy) is 1. The van der Waals surface area contributed by atoms with Gasteiger partial charge in [-0.25, -0.2) is 9.78 Å². The molecule has 7 nitrogen and oxygen atoms in total. The van der Waals surface area contributed by atoms with Gasteiger partial charge in [0.15, 0.2) is 5.01 Å². The lowest BCUT2D eigenvalue weighted by Crippen LogP contribution is -2.09. The number of hydrogen-bond donors (Lipinski definition) is 2. The monoisotopic (exact) mass is 288 g/mol. The fourth-order valence-corrected chi connectivity index (χ4v) is 2.45. The van der Waals surface area contributed by atoms with Crippen LogP contribution in [0.25, 0.3) is 10.2 Å². The Balaban J connectivity index is 1.89. The fraction of sp³-hybridized carbons (Fsp3) is 0. The van der Waals surface area contributed by atoms with Crippen molar-refractivity contribution in [2.24, 2.45) is 5.73 Å². The number of esters is 1. The highest BCUT2D eigenvalue weighted by Gasteiger charge is 2.12. The molecule has 1 amide bonds. The average molecular weight is 288 g/mol. The number of aromatic nitrogens is 3. The van der Waals surface area contributed by atoms with Crippen molar-refractivity contribution < 1.29 is 14.3 Å². The topological polar surface area (TPSA) is 111 Å². The maximum atomic E-state index is 11.7. The molecular formula is C12H8N4O3S. The van der Waals surface area contributed by atoms with E-state index in [1.807, 2.05) is 0 Å². The number of nitrogens with two attached hydrogens (primary N) is 1. The average Bonchev–Trinajstić information content (AvgIpc) is 3.07. The van der Waals surface area contributed by atoms with Crippen molar-refractivity contribution >= 4 is 33.4 Å². The number of amides is 1. The Bertz CT molecular complexity index is 794. The van der Waals surface area contributed by atoms with Gasteiger partial charge in [0.2, 0.25) is 0 Å². The van der Waals surface area contributed by atoms with Gasteiger partial charge in [0.05, 0.1) is 10.2 Å². The van der Waals surface area contributed by atoms with Gasteiger partial charge >= 0.3 is 5.97 Å². The van der Waals surface area contributed by atoms with E-state index in [2.05, 4.69) is 15.2 Å². The first-order valence-corrected chi connectivity index (χ1v) is 6.37. The van der Waals surface area contributed by atoms with Crippen LogP contribution < -0.4 is 10.5 Å². The first kappa shape index (κ1) is 12.3. The van der Waals surface area contributed by atoms with Gasteiger partial charge < -0.3 is 10.5 Å². The zero-order valence-corrected chi connectivity index (χ0v) is 10.8. The molecule has 0 spiro atoms.